The van der Waals surface area contributed by atoms with E-state index in [2.05, 4.69) is 18.9 Å². The number of rotatable bonds is 8. The Hall–Kier alpha value is -7.36. The molecule has 0 atom stereocenters. The minimum Gasteiger partial charge on any atom is -0.478 e. The van der Waals surface area contributed by atoms with Crippen LogP contribution < -0.4 is 18.9 Å². The van der Waals surface area contributed by atoms with Crippen LogP contribution in [0.4, 0.5) is 0 Å². The summed E-state index contributed by atoms with van der Waals surface area (Å²) in [6.07, 6.45) is 0. The lowest BCUT2D eigenvalue weighted by Crippen LogP contribution is -2.06. The molecule has 4 rings (SSSR count). The zero-order chi connectivity index (χ0) is 39.4. The van der Waals surface area contributed by atoms with Gasteiger partial charge in [0.15, 0.2) is 0 Å². The summed E-state index contributed by atoms with van der Waals surface area (Å²) in [5.74, 6) is -6.30. The highest BCUT2D eigenvalue weighted by molar-refractivity contribution is 5.93. The van der Waals surface area contributed by atoms with Crippen LogP contribution in [-0.2, 0) is 19.2 Å². The normalized spacial score (nSPS) is 9.31. The number of para-hydroxylation sites is 4. The topological polar surface area (TPSA) is 254 Å². The number of esters is 4. The largest absolute Gasteiger partial charge is 0.478 e. The van der Waals surface area contributed by atoms with Gasteiger partial charge in [-0.25, -0.2) is 19.2 Å². The lowest BCUT2D eigenvalue weighted by atomic mass is 10.2. The fraction of sp³-hybridized carbons (Fsp3) is 0.111. The molecule has 0 amide bonds. The Morgan fingerprint density at radius 2 is 0.481 bits per heavy atom. The second-order valence-electron chi connectivity index (χ2n) is 9.58. The highest BCUT2D eigenvalue weighted by Gasteiger charge is 2.13. The first-order valence-corrected chi connectivity index (χ1v) is 14.5. The molecule has 4 aromatic rings. The quantitative estimate of drug-likeness (QED) is 0.134. The van der Waals surface area contributed by atoms with Crippen LogP contribution in [0.3, 0.4) is 0 Å². The van der Waals surface area contributed by atoms with E-state index in [0.29, 0.717) is 0 Å². The smallest absolute Gasteiger partial charge is 0.339 e. The number of aromatic carboxylic acids is 4. The van der Waals surface area contributed by atoms with Crippen LogP contribution in [0.5, 0.6) is 23.0 Å². The molecule has 52 heavy (non-hydrogen) atoms. The summed E-state index contributed by atoms with van der Waals surface area (Å²) < 4.78 is 18.7. The van der Waals surface area contributed by atoms with Gasteiger partial charge in [-0.3, -0.25) is 19.2 Å². The Labute approximate surface area is 295 Å². The molecule has 16 nitrogen and oxygen atoms in total. The average Bonchev–Trinajstić information content (AvgIpc) is 3.05. The lowest BCUT2D eigenvalue weighted by molar-refractivity contribution is -0.132. The second-order valence-corrected chi connectivity index (χ2v) is 9.58. The van der Waals surface area contributed by atoms with E-state index >= 15 is 0 Å². The third kappa shape index (κ3) is 15.7. The van der Waals surface area contributed by atoms with E-state index in [4.69, 9.17) is 20.4 Å². The molecular weight excluding hydrogens is 688 g/mol. The maximum absolute atomic E-state index is 10.6. The molecule has 0 heterocycles. The molecule has 0 saturated heterocycles. The van der Waals surface area contributed by atoms with Gasteiger partial charge in [-0.05, 0) is 48.5 Å². The molecule has 4 N–H and O–H groups in total. The number of carboxylic acid groups (broad SMARTS) is 4. The summed E-state index contributed by atoms with van der Waals surface area (Å²) in [7, 11) is 0. The van der Waals surface area contributed by atoms with Crippen LogP contribution in [0.2, 0.25) is 0 Å². The van der Waals surface area contributed by atoms with Crippen molar-refractivity contribution in [2.24, 2.45) is 0 Å². The fourth-order valence-corrected chi connectivity index (χ4v) is 3.55. The van der Waals surface area contributed by atoms with Gasteiger partial charge >= 0.3 is 47.8 Å². The van der Waals surface area contributed by atoms with Crippen LogP contribution >= 0.6 is 0 Å². The van der Waals surface area contributed by atoms with Crippen molar-refractivity contribution >= 4 is 47.8 Å². The molecule has 272 valence electrons. The van der Waals surface area contributed by atoms with E-state index < -0.39 is 47.8 Å². The lowest BCUT2D eigenvalue weighted by Gasteiger charge is -2.03. The van der Waals surface area contributed by atoms with Crippen LogP contribution in [0.15, 0.2) is 97.1 Å². The molecule has 0 fully saturated rings. The van der Waals surface area contributed by atoms with Gasteiger partial charge in [0.25, 0.3) is 0 Å². The van der Waals surface area contributed by atoms with E-state index in [9.17, 15) is 38.4 Å². The van der Waals surface area contributed by atoms with Gasteiger partial charge in [-0.2, -0.15) is 0 Å². The van der Waals surface area contributed by atoms with Gasteiger partial charge in [-0.15, -0.1) is 0 Å². The van der Waals surface area contributed by atoms with E-state index in [1.807, 2.05) is 0 Å². The van der Waals surface area contributed by atoms with Crippen LogP contribution in [-0.4, -0.2) is 68.2 Å². The third-order valence-electron chi connectivity index (χ3n) is 5.48. The third-order valence-corrected chi connectivity index (χ3v) is 5.48. The number of carbonyl (C=O) groups excluding carboxylic acids is 4. The van der Waals surface area contributed by atoms with Gasteiger partial charge in [-0.1, -0.05) is 48.5 Å². The van der Waals surface area contributed by atoms with Crippen LogP contribution in [0.1, 0.15) is 69.1 Å². The number of hydrogen-bond acceptors (Lipinski definition) is 12. The molecule has 0 bridgehead atoms. The molecule has 0 radical (unpaired) electrons. The first kappa shape index (κ1) is 42.7. The Bertz CT molecular complexity index is 1650. The number of carbonyl (C=O) groups is 8. The average molecular weight is 721 g/mol. The Morgan fingerprint density at radius 1 is 0.327 bits per heavy atom. The first-order valence-electron chi connectivity index (χ1n) is 14.5. The highest BCUT2D eigenvalue weighted by Crippen LogP contribution is 2.20. The zero-order valence-corrected chi connectivity index (χ0v) is 27.9. The SMILES string of the molecule is CC(=O)Oc1ccccc1C(=O)O.CC(=O)Oc1ccccc1C(=O)O.CC(=O)Oc1ccccc1C(=O)O.CC(=O)Oc1ccccc1C(=O)O. The maximum atomic E-state index is 10.6. The van der Waals surface area contributed by atoms with E-state index in [0.717, 1.165) is 0 Å². The Morgan fingerprint density at radius 3 is 0.615 bits per heavy atom. The number of hydrogen-bond donors (Lipinski definition) is 4. The highest BCUT2D eigenvalue weighted by atomic mass is 16.5. The summed E-state index contributed by atoms with van der Waals surface area (Å²) in [6, 6.07) is 23.9. The summed E-state index contributed by atoms with van der Waals surface area (Å²) in [5, 5.41) is 34.7. The summed E-state index contributed by atoms with van der Waals surface area (Å²) in [5.41, 5.74) is -0.0641. The predicted octanol–water partition coefficient (Wildman–Crippen LogP) is 5.24. The first-order chi connectivity index (χ1) is 24.4. The Kier molecular flexibility index (Phi) is 17.7. The zero-order valence-electron chi connectivity index (χ0n) is 27.9. The molecule has 4 aromatic carbocycles. The minimum absolute atomic E-state index is 0.0160. The minimum atomic E-state index is -1.11. The summed E-state index contributed by atoms with van der Waals surface area (Å²) >= 11 is 0. The summed E-state index contributed by atoms with van der Waals surface area (Å²) in [4.78, 5) is 84.7. The number of ether oxygens (including phenoxy) is 4. The fourth-order valence-electron chi connectivity index (χ4n) is 3.55. The monoisotopic (exact) mass is 720 g/mol. The van der Waals surface area contributed by atoms with Crippen molar-refractivity contribution in [1.29, 1.82) is 0 Å². The molecule has 0 unspecified atom stereocenters. The van der Waals surface area contributed by atoms with Crippen molar-refractivity contribution in [3.05, 3.63) is 119 Å². The molecule has 0 aliphatic rings. The Balaban J connectivity index is 0.000000347. The van der Waals surface area contributed by atoms with E-state index in [1.54, 1.807) is 48.5 Å². The van der Waals surface area contributed by atoms with E-state index in [-0.39, 0.29) is 45.3 Å². The van der Waals surface area contributed by atoms with Crippen molar-refractivity contribution in [2.75, 3.05) is 0 Å². The van der Waals surface area contributed by atoms with E-state index in [1.165, 1.54) is 76.2 Å². The van der Waals surface area contributed by atoms with Gasteiger partial charge < -0.3 is 39.4 Å². The van der Waals surface area contributed by atoms with Crippen LogP contribution in [0.25, 0.3) is 0 Å². The standard InChI is InChI=1S/4C9H8O4/c4*1-6(10)13-8-5-3-2-4-7(8)9(11)12/h4*2-5H,1H3,(H,11,12). The van der Waals surface area contributed by atoms with Gasteiger partial charge in [0.1, 0.15) is 45.3 Å². The van der Waals surface area contributed by atoms with Gasteiger partial charge in [0.2, 0.25) is 0 Å². The molecule has 16 heteroatoms. The maximum Gasteiger partial charge on any atom is 0.339 e. The molecule has 0 aliphatic carbocycles. The van der Waals surface area contributed by atoms with Gasteiger partial charge in [0.05, 0.1) is 0 Å². The molecule has 0 aromatic heterocycles. The summed E-state index contributed by atoms with van der Waals surface area (Å²) in [6.45, 7) is 4.88. The van der Waals surface area contributed by atoms with Crippen molar-refractivity contribution < 1.29 is 77.7 Å². The molecule has 0 saturated carbocycles. The van der Waals surface area contributed by atoms with Gasteiger partial charge in [0, 0.05) is 27.7 Å². The van der Waals surface area contributed by atoms with Crippen molar-refractivity contribution in [3.63, 3.8) is 0 Å². The van der Waals surface area contributed by atoms with Crippen molar-refractivity contribution in [3.8, 4) is 23.0 Å². The van der Waals surface area contributed by atoms with Crippen LogP contribution in [0, 0.1) is 0 Å². The molecule has 0 aliphatic heterocycles. The molecule has 0 spiro atoms. The van der Waals surface area contributed by atoms with Crippen molar-refractivity contribution in [2.45, 2.75) is 27.7 Å². The predicted molar refractivity (Wildman–Crippen MR) is 179 cm³/mol. The van der Waals surface area contributed by atoms with Crippen molar-refractivity contribution in [1.82, 2.24) is 0 Å². The molecular formula is C36H32O16. The second kappa shape index (κ2) is 21.6. The number of benzene rings is 4. The number of carboxylic acids is 4.